The fourth-order valence-electron chi connectivity index (χ4n) is 3.04. The fourth-order valence-corrected chi connectivity index (χ4v) is 5.79. The van der Waals surface area contributed by atoms with Crippen molar-refractivity contribution in [3.63, 3.8) is 0 Å². The first-order valence-electron chi connectivity index (χ1n) is 8.80. The standard InChI is InChI=1S/C18H26N4O2S2/c1-18(2,3)21-26(23,24)16-11-13(19)7-8-14(16)15-12-20-17(25-15)22-9-5-4-6-10-22/h7-8,11-12,21H,4-6,9-10,19H2,1-3H3. The SMILES string of the molecule is CC(C)(C)NS(=O)(=O)c1cc(N)ccc1-c1cnc(N2CCCCC2)s1. The van der Waals surface area contributed by atoms with Crippen LogP contribution in [0.2, 0.25) is 0 Å². The molecule has 1 aliphatic heterocycles. The Hall–Kier alpha value is -1.64. The number of piperidine rings is 1. The number of hydrogen-bond donors (Lipinski definition) is 2. The Morgan fingerprint density at radius 2 is 1.88 bits per heavy atom. The summed E-state index contributed by atoms with van der Waals surface area (Å²) in [7, 11) is -3.70. The van der Waals surface area contributed by atoms with Crippen LogP contribution in [0.15, 0.2) is 29.3 Å². The smallest absolute Gasteiger partial charge is 0.241 e. The second-order valence-corrected chi connectivity index (χ2v) is 10.3. The van der Waals surface area contributed by atoms with E-state index in [0.29, 0.717) is 11.3 Å². The molecule has 1 fully saturated rings. The number of nitrogens with two attached hydrogens (primary N) is 1. The highest BCUT2D eigenvalue weighted by Crippen LogP contribution is 2.36. The minimum Gasteiger partial charge on any atom is -0.399 e. The van der Waals surface area contributed by atoms with Crippen molar-refractivity contribution in [3.8, 4) is 10.4 Å². The zero-order valence-corrected chi connectivity index (χ0v) is 17.1. The summed E-state index contributed by atoms with van der Waals surface area (Å²) in [6.07, 6.45) is 5.36. The molecule has 2 aromatic rings. The van der Waals surface area contributed by atoms with E-state index in [1.165, 1.54) is 36.7 Å². The summed E-state index contributed by atoms with van der Waals surface area (Å²) in [4.78, 5) is 7.84. The molecular formula is C18H26N4O2S2. The summed E-state index contributed by atoms with van der Waals surface area (Å²) in [5.41, 5.74) is 6.36. The molecule has 1 saturated heterocycles. The molecule has 0 amide bonds. The van der Waals surface area contributed by atoms with Gasteiger partial charge in [0.2, 0.25) is 10.0 Å². The first kappa shape index (κ1) is 19.1. The molecule has 3 rings (SSSR count). The maximum absolute atomic E-state index is 12.9. The summed E-state index contributed by atoms with van der Waals surface area (Å²) < 4.78 is 28.5. The summed E-state index contributed by atoms with van der Waals surface area (Å²) >= 11 is 1.53. The highest BCUT2D eigenvalue weighted by atomic mass is 32.2. The Morgan fingerprint density at radius 1 is 1.19 bits per heavy atom. The maximum atomic E-state index is 12.9. The van der Waals surface area contributed by atoms with Gasteiger partial charge in [-0.05, 0) is 52.2 Å². The second-order valence-electron chi connectivity index (χ2n) is 7.67. The van der Waals surface area contributed by atoms with Crippen molar-refractivity contribution in [2.24, 2.45) is 0 Å². The molecule has 8 heteroatoms. The molecule has 1 aromatic carbocycles. The van der Waals surface area contributed by atoms with Crippen LogP contribution in [-0.4, -0.2) is 32.0 Å². The number of benzene rings is 1. The van der Waals surface area contributed by atoms with Gasteiger partial charge in [-0.3, -0.25) is 0 Å². The first-order valence-corrected chi connectivity index (χ1v) is 11.1. The van der Waals surface area contributed by atoms with E-state index in [-0.39, 0.29) is 4.90 Å². The van der Waals surface area contributed by atoms with Crippen LogP contribution in [0.5, 0.6) is 0 Å². The lowest BCUT2D eigenvalue weighted by atomic mass is 10.1. The van der Waals surface area contributed by atoms with Gasteiger partial charge in [0.1, 0.15) is 0 Å². The van der Waals surface area contributed by atoms with E-state index in [4.69, 9.17) is 5.73 Å². The lowest BCUT2D eigenvalue weighted by Crippen LogP contribution is -2.40. The average molecular weight is 395 g/mol. The molecule has 0 aliphatic carbocycles. The van der Waals surface area contributed by atoms with Crippen molar-refractivity contribution >= 4 is 32.2 Å². The van der Waals surface area contributed by atoms with Crippen molar-refractivity contribution in [1.82, 2.24) is 9.71 Å². The summed E-state index contributed by atoms with van der Waals surface area (Å²) in [5.74, 6) is 0. The van der Waals surface area contributed by atoms with E-state index in [1.54, 1.807) is 18.3 Å². The molecule has 26 heavy (non-hydrogen) atoms. The average Bonchev–Trinajstić information content (AvgIpc) is 3.03. The van der Waals surface area contributed by atoms with E-state index >= 15 is 0 Å². The molecule has 1 aromatic heterocycles. The van der Waals surface area contributed by atoms with Crippen LogP contribution in [0, 0.1) is 0 Å². The quantitative estimate of drug-likeness (QED) is 0.775. The van der Waals surface area contributed by atoms with Crippen LogP contribution in [0.3, 0.4) is 0 Å². The molecule has 0 unspecified atom stereocenters. The van der Waals surface area contributed by atoms with Crippen LogP contribution in [0.4, 0.5) is 10.8 Å². The minimum atomic E-state index is -3.70. The van der Waals surface area contributed by atoms with Crippen LogP contribution in [0.1, 0.15) is 40.0 Å². The van der Waals surface area contributed by atoms with E-state index in [9.17, 15) is 8.42 Å². The number of aromatic nitrogens is 1. The second kappa shape index (κ2) is 7.17. The van der Waals surface area contributed by atoms with Crippen LogP contribution >= 0.6 is 11.3 Å². The Kier molecular flexibility index (Phi) is 5.28. The van der Waals surface area contributed by atoms with E-state index < -0.39 is 15.6 Å². The molecule has 6 nitrogen and oxygen atoms in total. The van der Waals surface area contributed by atoms with Gasteiger partial charge in [-0.1, -0.05) is 17.4 Å². The topological polar surface area (TPSA) is 88.3 Å². The number of anilines is 2. The molecule has 0 spiro atoms. The molecule has 0 saturated carbocycles. The Bertz CT molecular complexity index is 879. The van der Waals surface area contributed by atoms with Crippen molar-refractivity contribution in [1.29, 1.82) is 0 Å². The highest BCUT2D eigenvalue weighted by Gasteiger charge is 2.26. The number of hydrogen-bond acceptors (Lipinski definition) is 6. The molecule has 0 atom stereocenters. The molecule has 2 heterocycles. The van der Waals surface area contributed by atoms with Gasteiger partial charge in [0.25, 0.3) is 0 Å². The lowest BCUT2D eigenvalue weighted by molar-refractivity contribution is 0.491. The predicted molar refractivity (Wildman–Crippen MR) is 108 cm³/mol. The molecule has 1 aliphatic rings. The van der Waals surface area contributed by atoms with Crippen LogP contribution < -0.4 is 15.4 Å². The summed E-state index contributed by atoms with van der Waals surface area (Å²) in [5, 5.41) is 0.948. The third kappa shape index (κ3) is 4.36. The van der Waals surface area contributed by atoms with Gasteiger partial charge < -0.3 is 10.6 Å². The van der Waals surface area contributed by atoms with Gasteiger partial charge in [-0.2, -0.15) is 0 Å². The number of nitrogens with one attached hydrogen (secondary N) is 1. The molecule has 142 valence electrons. The van der Waals surface area contributed by atoms with E-state index in [0.717, 1.165) is 23.1 Å². The molecule has 0 bridgehead atoms. The zero-order chi connectivity index (χ0) is 18.9. The van der Waals surface area contributed by atoms with Gasteiger partial charge in [-0.15, -0.1) is 0 Å². The Balaban J connectivity index is 2.00. The number of rotatable bonds is 4. The number of nitrogen functional groups attached to an aromatic ring is 1. The van der Waals surface area contributed by atoms with Gasteiger partial charge in [0, 0.05) is 36.1 Å². The van der Waals surface area contributed by atoms with Gasteiger partial charge in [0.15, 0.2) is 5.13 Å². The third-order valence-electron chi connectivity index (χ3n) is 4.12. The van der Waals surface area contributed by atoms with Gasteiger partial charge in [-0.25, -0.2) is 18.1 Å². The van der Waals surface area contributed by atoms with E-state index in [2.05, 4.69) is 14.6 Å². The minimum absolute atomic E-state index is 0.196. The van der Waals surface area contributed by atoms with Crippen molar-refractivity contribution in [3.05, 3.63) is 24.4 Å². The normalized spacial score (nSPS) is 16.0. The monoisotopic (exact) mass is 394 g/mol. The molecule has 3 N–H and O–H groups in total. The van der Waals surface area contributed by atoms with Crippen LogP contribution in [0.25, 0.3) is 10.4 Å². The maximum Gasteiger partial charge on any atom is 0.241 e. The zero-order valence-electron chi connectivity index (χ0n) is 15.4. The predicted octanol–water partition coefficient (Wildman–Crippen LogP) is 3.46. The summed E-state index contributed by atoms with van der Waals surface area (Å²) in [6.45, 7) is 7.46. The van der Waals surface area contributed by atoms with Crippen molar-refractivity contribution in [2.45, 2.75) is 50.5 Å². The lowest BCUT2D eigenvalue weighted by Gasteiger charge is -2.25. The Labute approximate surface area is 159 Å². The first-order chi connectivity index (χ1) is 12.2. The van der Waals surface area contributed by atoms with Gasteiger partial charge in [0.05, 0.1) is 9.77 Å². The largest absolute Gasteiger partial charge is 0.399 e. The highest BCUT2D eigenvalue weighted by molar-refractivity contribution is 7.89. The summed E-state index contributed by atoms with van der Waals surface area (Å²) in [6, 6.07) is 5.01. The third-order valence-corrected chi connectivity index (χ3v) is 7.01. The number of nitrogens with zero attached hydrogens (tertiary/aromatic N) is 2. The fraction of sp³-hybridized carbons (Fsp3) is 0.500. The van der Waals surface area contributed by atoms with Crippen molar-refractivity contribution in [2.75, 3.05) is 23.7 Å². The molecule has 0 radical (unpaired) electrons. The van der Waals surface area contributed by atoms with E-state index in [1.807, 2.05) is 20.8 Å². The van der Waals surface area contributed by atoms with Gasteiger partial charge >= 0.3 is 0 Å². The molecular weight excluding hydrogens is 368 g/mol. The van der Waals surface area contributed by atoms with Crippen molar-refractivity contribution < 1.29 is 8.42 Å². The van der Waals surface area contributed by atoms with Crippen LogP contribution in [-0.2, 0) is 10.0 Å². The number of thiazole rings is 1. The number of sulfonamides is 1. The Morgan fingerprint density at radius 3 is 2.54 bits per heavy atom.